The highest BCUT2D eigenvalue weighted by Gasteiger charge is 2.18. The maximum absolute atomic E-state index is 6.01. The lowest BCUT2D eigenvalue weighted by Crippen LogP contribution is -2.31. The first-order valence-electron chi connectivity index (χ1n) is 7.10. The summed E-state index contributed by atoms with van der Waals surface area (Å²) in [5.41, 5.74) is 6.99. The molecule has 1 aromatic carbocycles. The molecule has 1 fully saturated rings. The van der Waals surface area contributed by atoms with Crippen LogP contribution in [0.1, 0.15) is 38.5 Å². The second-order valence-corrected chi connectivity index (χ2v) is 6.71. The monoisotopic (exact) mass is 344 g/mol. The van der Waals surface area contributed by atoms with Crippen molar-refractivity contribution in [1.82, 2.24) is 0 Å². The van der Waals surface area contributed by atoms with E-state index < -0.39 is 0 Å². The Morgan fingerprint density at radius 2 is 2.05 bits per heavy atom. The highest BCUT2D eigenvalue weighted by Crippen LogP contribution is 2.29. The van der Waals surface area contributed by atoms with Crippen LogP contribution in [-0.2, 0) is 0 Å². The topological polar surface area (TPSA) is 38.0 Å². The van der Waals surface area contributed by atoms with Gasteiger partial charge in [-0.2, -0.15) is 0 Å². The number of nitrogens with two attached hydrogens (primary N) is 1. The van der Waals surface area contributed by atoms with E-state index in [0.29, 0.717) is 12.6 Å². The van der Waals surface area contributed by atoms with Crippen LogP contribution in [0, 0.1) is 5.92 Å². The maximum atomic E-state index is 6.01. The van der Waals surface area contributed by atoms with E-state index in [9.17, 15) is 0 Å². The lowest BCUT2D eigenvalue weighted by atomic mass is 9.85. The highest BCUT2D eigenvalue weighted by atomic mass is 79.9. The Labute approximate surface area is 129 Å². The van der Waals surface area contributed by atoms with Gasteiger partial charge in [-0.15, -0.1) is 0 Å². The number of anilines is 1. The molecule has 0 bridgehead atoms. The van der Waals surface area contributed by atoms with Crippen molar-refractivity contribution in [2.75, 3.05) is 11.9 Å². The molecule has 1 saturated carbocycles. The fraction of sp³-hybridized carbons (Fsp3) is 0.600. The molecule has 0 aromatic heterocycles. The smallest absolute Gasteiger partial charge is 0.0549 e. The maximum Gasteiger partial charge on any atom is 0.0549 e. The standard InChI is InChI=1S/C15H22BrClN2/c16-14-9-12(6-7-15(14)17)19-13(10-18)8-11-4-2-1-3-5-11/h6-7,9,11,13,19H,1-5,8,10,18H2. The third kappa shape index (κ3) is 4.66. The molecule has 0 saturated heterocycles. The number of nitrogens with one attached hydrogen (secondary N) is 1. The van der Waals surface area contributed by atoms with Crippen LogP contribution in [0.3, 0.4) is 0 Å². The summed E-state index contributed by atoms with van der Waals surface area (Å²) in [6, 6.07) is 6.29. The van der Waals surface area contributed by atoms with Crippen LogP contribution >= 0.6 is 27.5 Å². The largest absolute Gasteiger partial charge is 0.381 e. The van der Waals surface area contributed by atoms with Crippen LogP contribution in [0.25, 0.3) is 0 Å². The molecule has 2 nitrogen and oxygen atoms in total. The molecule has 0 spiro atoms. The van der Waals surface area contributed by atoms with Gasteiger partial charge in [-0.25, -0.2) is 0 Å². The Morgan fingerprint density at radius 1 is 1.32 bits per heavy atom. The summed E-state index contributed by atoms with van der Waals surface area (Å²) >= 11 is 9.46. The number of rotatable bonds is 5. The number of halogens is 2. The third-order valence-electron chi connectivity index (χ3n) is 3.92. The summed E-state index contributed by atoms with van der Waals surface area (Å²) in [4.78, 5) is 0. The SMILES string of the molecule is NCC(CC1CCCCC1)Nc1ccc(Cl)c(Br)c1. The first-order valence-corrected chi connectivity index (χ1v) is 8.28. The first kappa shape index (κ1) is 15.1. The Kier molecular flexibility index (Phi) is 5.99. The van der Waals surface area contributed by atoms with E-state index in [0.717, 1.165) is 21.1 Å². The quantitative estimate of drug-likeness (QED) is 0.803. The average Bonchev–Trinajstić information content (AvgIpc) is 2.43. The van der Waals surface area contributed by atoms with E-state index in [4.69, 9.17) is 17.3 Å². The number of hydrogen-bond acceptors (Lipinski definition) is 2. The van der Waals surface area contributed by atoms with Crippen molar-refractivity contribution in [3.05, 3.63) is 27.7 Å². The van der Waals surface area contributed by atoms with Gasteiger partial charge in [-0.05, 0) is 46.5 Å². The van der Waals surface area contributed by atoms with Crippen LogP contribution in [-0.4, -0.2) is 12.6 Å². The van der Waals surface area contributed by atoms with Gasteiger partial charge in [0.15, 0.2) is 0 Å². The molecule has 0 radical (unpaired) electrons. The van der Waals surface area contributed by atoms with Crippen molar-refractivity contribution < 1.29 is 0 Å². The number of benzene rings is 1. The molecule has 0 amide bonds. The van der Waals surface area contributed by atoms with Gasteiger partial charge in [0.05, 0.1) is 5.02 Å². The highest BCUT2D eigenvalue weighted by molar-refractivity contribution is 9.10. The molecule has 0 aliphatic heterocycles. The van der Waals surface area contributed by atoms with Crippen LogP contribution in [0.2, 0.25) is 5.02 Å². The van der Waals surface area contributed by atoms with Crippen molar-refractivity contribution in [3.63, 3.8) is 0 Å². The van der Waals surface area contributed by atoms with Gasteiger partial charge in [0.2, 0.25) is 0 Å². The Balaban J connectivity index is 1.92. The molecule has 4 heteroatoms. The molecule has 2 rings (SSSR count). The van der Waals surface area contributed by atoms with Crippen LogP contribution in [0.5, 0.6) is 0 Å². The average molecular weight is 346 g/mol. The van der Waals surface area contributed by atoms with Crippen LogP contribution in [0.4, 0.5) is 5.69 Å². The predicted octanol–water partition coefficient (Wildman–Crippen LogP) is 4.81. The van der Waals surface area contributed by atoms with Gasteiger partial charge in [0, 0.05) is 22.7 Å². The van der Waals surface area contributed by atoms with Crippen molar-refractivity contribution in [1.29, 1.82) is 0 Å². The minimum Gasteiger partial charge on any atom is -0.381 e. The molecule has 0 heterocycles. The molecule has 1 aliphatic rings. The van der Waals surface area contributed by atoms with E-state index in [1.807, 2.05) is 18.2 Å². The van der Waals surface area contributed by atoms with Gasteiger partial charge in [0.1, 0.15) is 0 Å². The molecule has 1 unspecified atom stereocenters. The van der Waals surface area contributed by atoms with E-state index >= 15 is 0 Å². The fourth-order valence-electron chi connectivity index (χ4n) is 2.86. The summed E-state index contributed by atoms with van der Waals surface area (Å²) in [7, 11) is 0. The molecule has 3 N–H and O–H groups in total. The van der Waals surface area contributed by atoms with E-state index in [1.165, 1.54) is 38.5 Å². The molecule has 1 aromatic rings. The first-order chi connectivity index (χ1) is 9.19. The van der Waals surface area contributed by atoms with Crippen LogP contribution < -0.4 is 11.1 Å². The van der Waals surface area contributed by atoms with E-state index in [-0.39, 0.29) is 0 Å². The second kappa shape index (κ2) is 7.51. The normalized spacial score (nSPS) is 18.3. The Hall–Kier alpha value is -0.250. The Bertz CT molecular complexity index is 405. The van der Waals surface area contributed by atoms with Gasteiger partial charge in [-0.3, -0.25) is 0 Å². The molecule has 1 aliphatic carbocycles. The molecular weight excluding hydrogens is 324 g/mol. The molecule has 106 valence electrons. The van der Waals surface area contributed by atoms with E-state index in [2.05, 4.69) is 21.2 Å². The minimum absolute atomic E-state index is 0.358. The predicted molar refractivity (Wildman–Crippen MR) is 86.8 cm³/mol. The molecule has 19 heavy (non-hydrogen) atoms. The van der Waals surface area contributed by atoms with Crippen molar-refractivity contribution >= 4 is 33.2 Å². The summed E-state index contributed by atoms with van der Waals surface area (Å²) in [5, 5.41) is 4.27. The van der Waals surface area contributed by atoms with Gasteiger partial charge in [0.25, 0.3) is 0 Å². The van der Waals surface area contributed by atoms with Gasteiger partial charge < -0.3 is 11.1 Å². The van der Waals surface area contributed by atoms with Crippen molar-refractivity contribution in [3.8, 4) is 0 Å². The second-order valence-electron chi connectivity index (χ2n) is 5.45. The third-order valence-corrected chi connectivity index (χ3v) is 5.13. The lowest BCUT2D eigenvalue weighted by molar-refractivity contribution is 0.324. The minimum atomic E-state index is 0.358. The molecule has 1 atom stereocenters. The summed E-state index contributed by atoms with van der Waals surface area (Å²) < 4.78 is 0.924. The van der Waals surface area contributed by atoms with Gasteiger partial charge >= 0.3 is 0 Å². The zero-order chi connectivity index (χ0) is 13.7. The summed E-state index contributed by atoms with van der Waals surface area (Å²) in [5.74, 6) is 0.838. The fourth-order valence-corrected chi connectivity index (χ4v) is 3.36. The summed E-state index contributed by atoms with van der Waals surface area (Å²) in [6.07, 6.45) is 8.08. The zero-order valence-electron chi connectivity index (χ0n) is 11.2. The van der Waals surface area contributed by atoms with Gasteiger partial charge in [-0.1, -0.05) is 43.7 Å². The van der Waals surface area contributed by atoms with Crippen molar-refractivity contribution in [2.45, 2.75) is 44.6 Å². The summed E-state index contributed by atoms with van der Waals surface area (Å²) in [6.45, 7) is 0.677. The van der Waals surface area contributed by atoms with Crippen LogP contribution in [0.15, 0.2) is 22.7 Å². The van der Waals surface area contributed by atoms with E-state index in [1.54, 1.807) is 0 Å². The Morgan fingerprint density at radius 3 is 2.68 bits per heavy atom. The molecular formula is C15H22BrClN2. The zero-order valence-corrected chi connectivity index (χ0v) is 13.5. The lowest BCUT2D eigenvalue weighted by Gasteiger charge is -2.27. The van der Waals surface area contributed by atoms with Crippen molar-refractivity contribution in [2.24, 2.45) is 11.7 Å². The number of hydrogen-bond donors (Lipinski definition) is 2.